The Morgan fingerprint density at radius 1 is 0.412 bits per heavy atom. The van der Waals surface area contributed by atoms with Crippen molar-refractivity contribution in [1.82, 2.24) is 4.90 Å². The lowest BCUT2D eigenvalue weighted by Crippen LogP contribution is -2.12. The van der Waals surface area contributed by atoms with Gasteiger partial charge in [0, 0.05) is 12.8 Å². The Morgan fingerprint density at radius 2 is 0.765 bits per heavy atom. The van der Waals surface area contributed by atoms with Crippen molar-refractivity contribution in [3.8, 4) is 0 Å². The van der Waals surface area contributed by atoms with Gasteiger partial charge in [0.25, 0.3) is 0 Å². The number of hydrogen-bond acceptors (Lipinski definition) is 5. The third-order valence-corrected chi connectivity index (χ3v) is 12.2. The van der Waals surface area contributed by atoms with Crippen molar-refractivity contribution >= 4 is 11.9 Å². The van der Waals surface area contributed by atoms with E-state index in [1.807, 2.05) is 13.0 Å². The summed E-state index contributed by atoms with van der Waals surface area (Å²) in [5.41, 5.74) is 0. The SMILES string of the molecule is C=CC/C=C\CCCCC(=O)OCCCC/C=C\C/C=C\CCCCCCCCC(/C=C\CCCN(C)C)CCCCCCCC/C=C\C/C=C\CCCCC(=O)OCCCC/C=C\C/C=C\C. The van der Waals surface area contributed by atoms with Crippen molar-refractivity contribution in [2.24, 2.45) is 5.92 Å². The quantitative estimate of drug-likeness (QED) is 0.0345. The van der Waals surface area contributed by atoms with E-state index in [0.29, 0.717) is 26.1 Å². The maximum absolute atomic E-state index is 12.0. The lowest BCUT2D eigenvalue weighted by atomic mass is 9.93. The number of carbonyl (C=O) groups is 2. The van der Waals surface area contributed by atoms with Crippen LogP contribution in [0.25, 0.3) is 0 Å². The number of unbranched alkanes of at least 4 members (excludes halogenated alkanes) is 21. The molecule has 1 unspecified atom stereocenters. The monoisotopic (exact) mass is 942 g/mol. The van der Waals surface area contributed by atoms with Crippen molar-refractivity contribution < 1.29 is 19.1 Å². The standard InChI is InChI=1S/C63H107NO4/c1-5-7-9-11-13-36-42-51-59-67-63(66)57-49-41-35-30-26-22-18-14-16-20-24-28-33-38-45-53-61(55-47-44-50-58-64(3)4)54-46-39-34-29-25-21-17-15-19-23-27-31-37-43-52-60-68-62(65)56-48-40-32-12-10-8-6-2/h5-7,10-15,18-19,26-27,30-31,47,55,61H,2,8-9,16-17,20-25,28-29,32-46,48-54,56-60H2,1,3-4H3/b7-5-,12-10-,13-11-,18-14-,19-15-,30-26-,31-27-,55-47-. The first kappa shape index (κ1) is 64.6. The number of carbonyl (C=O) groups excluding carboxylic acids is 2. The molecule has 0 rings (SSSR count). The highest BCUT2D eigenvalue weighted by molar-refractivity contribution is 5.69. The van der Waals surface area contributed by atoms with Crippen LogP contribution in [0, 0.1) is 5.92 Å². The number of hydrogen-bond donors (Lipinski definition) is 0. The Bertz CT molecular complexity index is 1350. The van der Waals surface area contributed by atoms with E-state index in [0.717, 1.165) is 109 Å². The van der Waals surface area contributed by atoms with Crippen LogP contribution in [0.1, 0.15) is 238 Å². The molecular formula is C63H107NO4. The fourth-order valence-electron chi connectivity index (χ4n) is 7.96. The molecule has 0 saturated carbocycles. The molecule has 5 nitrogen and oxygen atoms in total. The van der Waals surface area contributed by atoms with E-state index in [1.54, 1.807) is 0 Å². The Labute approximate surface area is 421 Å². The number of esters is 2. The molecule has 0 heterocycles. The molecule has 0 saturated heterocycles. The second-order valence-electron chi connectivity index (χ2n) is 19.1. The molecular weight excluding hydrogens is 835 g/mol. The average molecular weight is 943 g/mol. The largest absolute Gasteiger partial charge is 0.466 e. The molecule has 68 heavy (non-hydrogen) atoms. The highest BCUT2D eigenvalue weighted by Crippen LogP contribution is 2.21. The first-order valence-corrected chi connectivity index (χ1v) is 28.2. The topological polar surface area (TPSA) is 55.8 Å². The van der Waals surface area contributed by atoms with Gasteiger partial charge in [-0.1, -0.05) is 168 Å². The maximum atomic E-state index is 12.0. The summed E-state index contributed by atoms with van der Waals surface area (Å²) in [6, 6.07) is 0. The van der Waals surface area contributed by atoms with Crippen molar-refractivity contribution in [3.63, 3.8) is 0 Å². The molecule has 1 atom stereocenters. The molecule has 0 aliphatic rings. The molecule has 0 bridgehead atoms. The molecule has 388 valence electrons. The molecule has 0 amide bonds. The second kappa shape index (κ2) is 56.2. The zero-order valence-corrected chi connectivity index (χ0v) is 44.8. The first-order chi connectivity index (χ1) is 33.5. The van der Waals surface area contributed by atoms with Crippen LogP contribution in [0.4, 0.5) is 0 Å². The highest BCUT2D eigenvalue weighted by atomic mass is 16.5. The predicted octanol–water partition coefficient (Wildman–Crippen LogP) is 18.9. The van der Waals surface area contributed by atoms with Crippen LogP contribution in [-0.4, -0.2) is 50.7 Å². The maximum Gasteiger partial charge on any atom is 0.305 e. The minimum Gasteiger partial charge on any atom is -0.466 e. The first-order valence-electron chi connectivity index (χ1n) is 28.2. The minimum atomic E-state index is -0.0531. The van der Waals surface area contributed by atoms with Crippen molar-refractivity contribution in [1.29, 1.82) is 0 Å². The van der Waals surface area contributed by atoms with Crippen LogP contribution >= 0.6 is 0 Å². The van der Waals surface area contributed by atoms with Crippen molar-refractivity contribution in [3.05, 3.63) is 110 Å². The van der Waals surface area contributed by atoms with E-state index in [2.05, 4.69) is 123 Å². The van der Waals surface area contributed by atoms with Gasteiger partial charge in [-0.3, -0.25) is 9.59 Å². The van der Waals surface area contributed by atoms with Crippen molar-refractivity contribution in [2.75, 3.05) is 33.9 Å². The Kier molecular flexibility index (Phi) is 53.3. The molecule has 0 aromatic rings. The van der Waals surface area contributed by atoms with Gasteiger partial charge in [-0.15, -0.1) is 6.58 Å². The molecule has 0 aliphatic carbocycles. The van der Waals surface area contributed by atoms with Gasteiger partial charge in [0.05, 0.1) is 13.2 Å². The molecule has 0 radical (unpaired) electrons. The summed E-state index contributed by atoms with van der Waals surface area (Å²) in [4.78, 5) is 26.1. The summed E-state index contributed by atoms with van der Waals surface area (Å²) in [5, 5.41) is 0. The van der Waals surface area contributed by atoms with Crippen LogP contribution in [0.5, 0.6) is 0 Å². The van der Waals surface area contributed by atoms with Gasteiger partial charge in [0.2, 0.25) is 0 Å². The third-order valence-electron chi connectivity index (χ3n) is 12.2. The molecule has 0 aliphatic heterocycles. The van der Waals surface area contributed by atoms with E-state index >= 15 is 0 Å². The van der Waals surface area contributed by atoms with E-state index in [9.17, 15) is 9.59 Å². The summed E-state index contributed by atoms with van der Waals surface area (Å²) in [5.74, 6) is 0.660. The summed E-state index contributed by atoms with van der Waals surface area (Å²) >= 11 is 0. The Balaban J connectivity index is 3.88. The zero-order chi connectivity index (χ0) is 49.3. The highest BCUT2D eigenvalue weighted by Gasteiger charge is 2.06. The van der Waals surface area contributed by atoms with Crippen molar-refractivity contribution in [2.45, 2.75) is 238 Å². The number of allylic oxidation sites excluding steroid dienone is 17. The third kappa shape index (κ3) is 55.2. The number of rotatable bonds is 51. The van der Waals surface area contributed by atoms with Crippen LogP contribution in [-0.2, 0) is 19.1 Å². The van der Waals surface area contributed by atoms with Gasteiger partial charge in [0.15, 0.2) is 0 Å². The van der Waals surface area contributed by atoms with Crippen LogP contribution in [0.3, 0.4) is 0 Å². The lowest BCUT2D eigenvalue weighted by Gasteiger charge is -2.13. The average Bonchev–Trinajstić information content (AvgIpc) is 3.33. The summed E-state index contributed by atoms with van der Waals surface area (Å²) in [7, 11) is 4.34. The fourth-order valence-corrected chi connectivity index (χ4v) is 7.96. The normalized spacial score (nSPS) is 12.9. The summed E-state index contributed by atoms with van der Waals surface area (Å²) < 4.78 is 10.8. The van der Waals surface area contributed by atoms with E-state index < -0.39 is 0 Å². The molecule has 0 aromatic heterocycles. The fraction of sp³-hybridized carbons (Fsp3) is 0.683. The Morgan fingerprint density at radius 3 is 1.18 bits per heavy atom. The predicted molar refractivity (Wildman–Crippen MR) is 299 cm³/mol. The van der Waals surface area contributed by atoms with Gasteiger partial charge >= 0.3 is 11.9 Å². The molecule has 5 heteroatoms. The molecule has 0 aromatic carbocycles. The van der Waals surface area contributed by atoms with Gasteiger partial charge < -0.3 is 14.4 Å². The lowest BCUT2D eigenvalue weighted by molar-refractivity contribution is -0.144. The van der Waals surface area contributed by atoms with E-state index in [4.69, 9.17) is 9.47 Å². The molecule has 0 N–H and O–H groups in total. The second-order valence-corrected chi connectivity index (χ2v) is 19.1. The molecule has 0 fully saturated rings. The zero-order valence-electron chi connectivity index (χ0n) is 44.8. The summed E-state index contributed by atoms with van der Waals surface area (Å²) in [6.45, 7) is 8.03. The Hall–Kier alpha value is -3.44. The van der Waals surface area contributed by atoms with Crippen LogP contribution in [0.2, 0.25) is 0 Å². The minimum absolute atomic E-state index is 0.0449. The number of nitrogens with zero attached hydrogens (tertiary/aromatic N) is 1. The number of ether oxygens (including phenoxy) is 2. The summed E-state index contributed by atoms with van der Waals surface area (Å²) in [6.07, 6.45) is 79.3. The van der Waals surface area contributed by atoms with E-state index in [1.165, 1.54) is 122 Å². The van der Waals surface area contributed by atoms with Gasteiger partial charge in [-0.2, -0.15) is 0 Å². The van der Waals surface area contributed by atoms with Gasteiger partial charge in [0.1, 0.15) is 0 Å². The molecule has 0 spiro atoms. The smallest absolute Gasteiger partial charge is 0.305 e. The van der Waals surface area contributed by atoms with Gasteiger partial charge in [-0.05, 0) is 188 Å². The van der Waals surface area contributed by atoms with Gasteiger partial charge in [-0.25, -0.2) is 0 Å². The van der Waals surface area contributed by atoms with Crippen LogP contribution < -0.4 is 0 Å². The van der Waals surface area contributed by atoms with Crippen LogP contribution in [0.15, 0.2) is 110 Å². The van der Waals surface area contributed by atoms with E-state index in [-0.39, 0.29) is 11.9 Å².